The molecule has 17 heavy (non-hydrogen) atoms. The molecule has 1 aliphatic rings. The predicted molar refractivity (Wildman–Crippen MR) is 65.7 cm³/mol. The summed E-state index contributed by atoms with van der Waals surface area (Å²) in [4.78, 5) is 12.1. The van der Waals surface area contributed by atoms with E-state index in [2.05, 4.69) is 5.32 Å². The van der Waals surface area contributed by atoms with Gasteiger partial charge in [-0.05, 0) is 25.0 Å². The molecule has 0 aliphatic heterocycles. The highest BCUT2D eigenvalue weighted by Gasteiger charge is 2.39. The molecule has 1 fully saturated rings. The van der Waals surface area contributed by atoms with E-state index < -0.39 is 0 Å². The fraction of sp³-hybridized carbons (Fsp3) is 0.615. The van der Waals surface area contributed by atoms with Crippen LogP contribution >= 0.6 is 0 Å². The highest BCUT2D eigenvalue weighted by atomic mass is 16.3. The van der Waals surface area contributed by atoms with Gasteiger partial charge < -0.3 is 15.0 Å². The molecule has 1 amide bonds. The van der Waals surface area contributed by atoms with Crippen molar-refractivity contribution in [3.63, 3.8) is 0 Å². The van der Waals surface area contributed by atoms with Crippen LogP contribution in [0.15, 0.2) is 18.3 Å². The summed E-state index contributed by atoms with van der Waals surface area (Å²) in [5, 5.41) is 12.5. The van der Waals surface area contributed by atoms with E-state index in [4.69, 9.17) is 0 Å². The first-order chi connectivity index (χ1) is 8.07. The molecule has 94 valence electrons. The lowest BCUT2D eigenvalue weighted by atomic mass is 9.86. The molecule has 0 spiro atoms. The van der Waals surface area contributed by atoms with Gasteiger partial charge in [-0.2, -0.15) is 0 Å². The fourth-order valence-electron chi connectivity index (χ4n) is 2.60. The average molecular weight is 236 g/mol. The molecule has 0 bridgehead atoms. The zero-order chi connectivity index (χ0) is 12.5. The topological polar surface area (TPSA) is 54.3 Å². The van der Waals surface area contributed by atoms with Crippen molar-refractivity contribution in [1.29, 1.82) is 0 Å². The quantitative estimate of drug-likeness (QED) is 0.831. The van der Waals surface area contributed by atoms with Crippen molar-refractivity contribution in [3.05, 3.63) is 24.0 Å². The Balaban J connectivity index is 2.07. The van der Waals surface area contributed by atoms with E-state index in [1.165, 1.54) is 0 Å². The summed E-state index contributed by atoms with van der Waals surface area (Å²) in [6.45, 7) is 2.17. The summed E-state index contributed by atoms with van der Waals surface area (Å²) < 4.78 is 1.81. The lowest BCUT2D eigenvalue weighted by molar-refractivity contribution is 0.0823. The van der Waals surface area contributed by atoms with Crippen molar-refractivity contribution >= 4 is 5.91 Å². The molecule has 2 atom stereocenters. The summed E-state index contributed by atoms with van der Waals surface area (Å²) in [5.74, 6) is -0.0518. The van der Waals surface area contributed by atoms with Crippen LogP contribution < -0.4 is 5.32 Å². The number of carbonyl (C=O) groups excluding carboxylic acids is 1. The average Bonchev–Trinajstić information content (AvgIpc) is 2.87. The second-order valence-electron chi connectivity index (χ2n) is 5.23. The first-order valence-electron chi connectivity index (χ1n) is 6.10. The van der Waals surface area contributed by atoms with Gasteiger partial charge in [-0.25, -0.2) is 0 Å². The molecular weight excluding hydrogens is 216 g/mol. The van der Waals surface area contributed by atoms with Crippen LogP contribution in [-0.4, -0.2) is 28.2 Å². The second kappa shape index (κ2) is 4.53. The molecular formula is C13H20N2O2. The summed E-state index contributed by atoms with van der Waals surface area (Å²) in [7, 11) is 1.86. The van der Waals surface area contributed by atoms with Gasteiger partial charge in [0.1, 0.15) is 5.69 Å². The predicted octanol–water partition coefficient (Wildman–Crippen LogP) is 1.31. The highest BCUT2D eigenvalue weighted by molar-refractivity contribution is 5.93. The van der Waals surface area contributed by atoms with Gasteiger partial charge in [0.2, 0.25) is 0 Å². The molecule has 2 unspecified atom stereocenters. The number of aryl methyl sites for hydroxylation is 1. The standard InChI is InChI=1S/C13H20N2O2/c1-13(9-16)7-3-6-11(13)14-12(17)10-5-4-8-15(10)2/h4-5,8,11,16H,3,6-7,9H2,1-2H3,(H,14,17). The first kappa shape index (κ1) is 12.2. The Bertz CT molecular complexity index is 413. The van der Waals surface area contributed by atoms with Gasteiger partial charge in [0.25, 0.3) is 5.91 Å². The van der Waals surface area contributed by atoms with Crippen LogP contribution in [0.1, 0.15) is 36.7 Å². The lowest BCUT2D eigenvalue weighted by Gasteiger charge is -2.30. The number of amides is 1. The number of aromatic nitrogens is 1. The van der Waals surface area contributed by atoms with Crippen molar-refractivity contribution in [3.8, 4) is 0 Å². The number of nitrogens with one attached hydrogen (secondary N) is 1. The summed E-state index contributed by atoms with van der Waals surface area (Å²) >= 11 is 0. The summed E-state index contributed by atoms with van der Waals surface area (Å²) in [6, 6.07) is 3.74. The third-order valence-electron chi connectivity index (χ3n) is 3.92. The van der Waals surface area contributed by atoms with Crippen molar-refractivity contribution < 1.29 is 9.90 Å². The minimum atomic E-state index is -0.166. The van der Waals surface area contributed by atoms with Crippen molar-refractivity contribution in [2.45, 2.75) is 32.2 Å². The maximum Gasteiger partial charge on any atom is 0.268 e. The van der Waals surface area contributed by atoms with E-state index in [-0.39, 0.29) is 24.0 Å². The van der Waals surface area contributed by atoms with Gasteiger partial charge >= 0.3 is 0 Å². The highest BCUT2D eigenvalue weighted by Crippen LogP contribution is 2.37. The van der Waals surface area contributed by atoms with Gasteiger partial charge in [-0.15, -0.1) is 0 Å². The first-order valence-corrected chi connectivity index (χ1v) is 6.10. The Morgan fingerprint density at radius 2 is 2.47 bits per heavy atom. The monoisotopic (exact) mass is 236 g/mol. The Morgan fingerprint density at radius 1 is 1.71 bits per heavy atom. The molecule has 2 rings (SSSR count). The van der Waals surface area contributed by atoms with Crippen LogP contribution in [0.4, 0.5) is 0 Å². The maximum atomic E-state index is 12.1. The van der Waals surface area contributed by atoms with Gasteiger partial charge in [0, 0.05) is 24.7 Å². The largest absolute Gasteiger partial charge is 0.396 e. The summed E-state index contributed by atoms with van der Waals surface area (Å²) in [6.07, 6.45) is 4.85. The van der Waals surface area contributed by atoms with Gasteiger partial charge in [-0.3, -0.25) is 4.79 Å². The van der Waals surface area contributed by atoms with Crippen LogP contribution in [0.2, 0.25) is 0 Å². The Morgan fingerprint density at radius 3 is 3.06 bits per heavy atom. The molecule has 1 aromatic rings. The maximum absolute atomic E-state index is 12.1. The molecule has 4 heteroatoms. The number of nitrogens with zero attached hydrogens (tertiary/aromatic N) is 1. The zero-order valence-electron chi connectivity index (χ0n) is 10.4. The van der Waals surface area contributed by atoms with Crippen LogP contribution in [0, 0.1) is 5.41 Å². The number of aliphatic hydroxyl groups excluding tert-OH is 1. The normalized spacial score (nSPS) is 28.3. The van der Waals surface area contributed by atoms with Crippen LogP contribution in [0.3, 0.4) is 0 Å². The molecule has 0 aromatic carbocycles. The van der Waals surface area contributed by atoms with Crippen molar-refractivity contribution in [1.82, 2.24) is 9.88 Å². The van der Waals surface area contributed by atoms with Crippen molar-refractivity contribution in [2.75, 3.05) is 6.61 Å². The van der Waals surface area contributed by atoms with Crippen LogP contribution in [0.5, 0.6) is 0 Å². The Labute approximate surface area is 102 Å². The van der Waals surface area contributed by atoms with E-state index in [1.807, 2.05) is 26.2 Å². The van der Waals surface area contributed by atoms with Crippen molar-refractivity contribution in [2.24, 2.45) is 12.5 Å². The number of aliphatic hydroxyl groups is 1. The summed E-state index contributed by atoms with van der Waals surface area (Å²) in [5.41, 5.74) is 0.498. The van der Waals surface area contributed by atoms with Crippen LogP contribution in [0.25, 0.3) is 0 Å². The molecule has 4 nitrogen and oxygen atoms in total. The smallest absolute Gasteiger partial charge is 0.268 e. The van der Waals surface area contributed by atoms with Gasteiger partial charge in [0.05, 0.1) is 6.61 Å². The Hall–Kier alpha value is -1.29. The zero-order valence-corrected chi connectivity index (χ0v) is 10.4. The molecule has 1 saturated carbocycles. The third-order valence-corrected chi connectivity index (χ3v) is 3.92. The Kier molecular flexibility index (Phi) is 3.24. The molecule has 1 heterocycles. The number of carbonyl (C=O) groups is 1. The molecule has 2 N–H and O–H groups in total. The van der Waals surface area contributed by atoms with E-state index in [1.54, 1.807) is 10.6 Å². The van der Waals surface area contributed by atoms with E-state index in [0.717, 1.165) is 19.3 Å². The SMILES string of the molecule is Cn1cccc1C(=O)NC1CCCC1(C)CO. The van der Waals surface area contributed by atoms with Gasteiger partial charge in [0.15, 0.2) is 0 Å². The fourth-order valence-corrected chi connectivity index (χ4v) is 2.60. The lowest BCUT2D eigenvalue weighted by Crippen LogP contribution is -2.45. The molecule has 0 radical (unpaired) electrons. The number of rotatable bonds is 3. The van der Waals surface area contributed by atoms with Crippen LogP contribution in [-0.2, 0) is 7.05 Å². The third kappa shape index (κ3) is 2.22. The van der Waals surface area contributed by atoms with E-state index in [9.17, 15) is 9.90 Å². The molecule has 1 aliphatic carbocycles. The molecule has 1 aromatic heterocycles. The minimum absolute atomic E-state index is 0.0518. The second-order valence-corrected chi connectivity index (χ2v) is 5.23. The van der Waals surface area contributed by atoms with E-state index in [0.29, 0.717) is 5.69 Å². The number of hydrogen-bond donors (Lipinski definition) is 2. The minimum Gasteiger partial charge on any atom is -0.396 e. The van der Waals surface area contributed by atoms with E-state index >= 15 is 0 Å². The molecule has 0 saturated heterocycles. The van der Waals surface area contributed by atoms with Gasteiger partial charge in [-0.1, -0.05) is 13.3 Å². The number of hydrogen-bond acceptors (Lipinski definition) is 2.